The molecule has 7 nitrogen and oxygen atoms in total. The number of amides is 1. The molecule has 1 saturated heterocycles. The zero-order valence-electron chi connectivity index (χ0n) is 20.1. The van der Waals surface area contributed by atoms with Gasteiger partial charge in [0.25, 0.3) is 0 Å². The van der Waals surface area contributed by atoms with Crippen molar-refractivity contribution in [2.75, 3.05) is 44.7 Å². The van der Waals surface area contributed by atoms with Crippen molar-refractivity contribution in [3.05, 3.63) is 86.8 Å². The fourth-order valence-corrected chi connectivity index (χ4v) is 6.04. The number of benzene rings is 3. The van der Waals surface area contributed by atoms with Crippen molar-refractivity contribution < 1.29 is 17.9 Å². The van der Waals surface area contributed by atoms with Gasteiger partial charge in [-0.05, 0) is 66.2 Å². The van der Waals surface area contributed by atoms with E-state index in [2.05, 4.69) is 20.8 Å². The van der Waals surface area contributed by atoms with Crippen LogP contribution >= 0.6 is 39.1 Å². The Balaban J connectivity index is 1.49. The summed E-state index contributed by atoms with van der Waals surface area (Å²) in [5.41, 5.74) is 1.68. The van der Waals surface area contributed by atoms with Gasteiger partial charge in [0, 0.05) is 42.9 Å². The van der Waals surface area contributed by atoms with Crippen LogP contribution in [0.25, 0.3) is 0 Å². The van der Waals surface area contributed by atoms with Gasteiger partial charge in [-0.25, -0.2) is 8.42 Å². The largest absolute Gasteiger partial charge is 0.497 e. The predicted molar refractivity (Wildman–Crippen MR) is 150 cm³/mol. The van der Waals surface area contributed by atoms with Crippen molar-refractivity contribution >= 4 is 60.7 Å². The highest BCUT2D eigenvalue weighted by molar-refractivity contribution is 9.10. The van der Waals surface area contributed by atoms with Crippen molar-refractivity contribution in [3.8, 4) is 5.75 Å². The lowest BCUT2D eigenvalue weighted by Crippen LogP contribution is -2.51. The molecule has 196 valence electrons. The van der Waals surface area contributed by atoms with E-state index in [1.165, 1.54) is 16.4 Å². The number of hydrogen-bond acceptors (Lipinski definition) is 5. The molecule has 0 atom stereocenters. The first kappa shape index (κ1) is 27.7. The van der Waals surface area contributed by atoms with E-state index in [1.54, 1.807) is 42.3 Å². The molecule has 0 spiro atoms. The zero-order chi connectivity index (χ0) is 26.6. The first-order valence-electron chi connectivity index (χ1n) is 11.5. The highest BCUT2D eigenvalue weighted by Gasteiger charge is 2.30. The van der Waals surface area contributed by atoms with E-state index in [-0.39, 0.29) is 23.9 Å². The minimum Gasteiger partial charge on any atom is -0.497 e. The zero-order valence-corrected chi connectivity index (χ0v) is 24.0. The number of methoxy groups -OCH3 is 1. The second-order valence-corrected chi connectivity index (χ2v) is 12.2. The van der Waals surface area contributed by atoms with Crippen molar-refractivity contribution in [2.45, 2.75) is 11.4 Å². The molecule has 3 aromatic carbocycles. The van der Waals surface area contributed by atoms with Gasteiger partial charge >= 0.3 is 0 Å². The van der Waals surface area contributed by atoms with Gasteiger partial charge in [-0.3, -0.25) is 4.79 Å². The van der Waals surface area contributed by atoms with E-state index in [4.69, 9.17) is 27.9 Å². The van der Waals surface area contributed by atoms with E-state index in [0.29, 0.717) is 41.8 Å². The molecule has 1 fully saturated rings. The van der Waals surface area contributed by atoms with E-state index in [9.17, 15) is 13.2 Å². The molecule has 0 bridgehead atoms. The van der Waals surface area contributed by atoms with Crippen LogP contribution < -0.4 is 9.64 Å². The van der Waals surface area contributed by atoms with Crippen LogP contribution in [0.2, 0.25) is 10.0 Å². The maximum absolute atomic E-state index is 13.6. The number of anilines is 1. The van der Waals surface area contributed by atoms with Crippen LogP contribution in [0.5, 0.6) is 5.75 Å². The second kappa shape index (κ2) is 12.0. The standard InChI is InChI=1S/C26H26BrCl2N3O4S/c1-36-22-7-5-21(6-8-22)30-12-14-31(15-13-30)26(33)18-32(17-19-2-11-24(28)25(29)16-19)37(34,35)23-9-3-20(27)4-10-23/h2-11,16H,12-15,17-18H2,1H3. The summed E-state index contributed by atoms with van der Waals surface area (Å²) in [5.74, 6) is 0.529. The Kier molecular flexibility index (Phi) is 9.03. The molecule has 1 heterocycles. The average molecular weight is 627 g/mol. The summed E-state index contributed by atoms with van der Waals surface area (Å²) < 4.78 is 34.3. The van der Waals surface area contributed by atoms with Crippen molar-refractivity contribution in [1.82, 2.24) is 9.21 Å². The number of sulfonamides is 1. The number of hydrogen-bond donors (Lipinski definition) is 0. The Morgan fingerprint density at radius 2 is 1.59 bits per heavy atom. The molecule has 1 aliphatic rings. The van der Waals surface area contributed by atoms with Crippen LogP contribution in [0.4, 0.5) is 5.69 Å². The summed E-state index contributed by atoms with van der Waals surface area (Å²) in [6.45, 7) is 1.95. The highest BCUT2D eigenvalue weighted by Crippen LogP contribution is 2.26. The average Bonchev–Trinajstić information content (AvgIpc) is 2.90. The first-order valence-corrected chi connectivity index (χ1v) is 14.5. The quantitative estimate of drug-likeness (QED) is 0.339. The Morgan fingerprint density at radius 3 is 2.19 bits per heavy atom. The minimum absolute atomic E-state index is 0.0210. The van der Waals surface area contributed by atoms with Crippen molar-refractivity contribution in [3.63, 3.8) is 0 Å². The third-order valence-electron chi connectivity index (χ3n) is 6.18. The molecule has 0 unspecified atom stereocenters. The molecule has 1 aliphatic heterocycles. The Morgan fingerprint density at radius 1 is 0.946 bits per heavy atom. The van der Waals surface area contributed by atoms with Gasteiger partial charge < -0.3 is 14.5 Å². The maximum atomic E-state index is 13.6. The molecule has 11 heteroatoms. The highest BCUT2D eigenvalue weighted by atomic mass is 79.9. The molecule has 0 N–H and O–H groups in total. The lowest BCUT2D eigenvalue weighted by Gasteiger charge is -2.37. The number of carbonyl (C=O) groups excluding carboxylic acids is 1. The topological polar surface area (TPSA) is 70.2 Å². The van der Waals surface area contributed by atoms with Crippen molar-refractivity contribution in [1.29, 1.82) is 0 Å². The molecule has 0 radical (unpaired) electrons. The number of nitrogens with zero attached hydrogens (tertiary/aromatic N) is 3. The molecular formula is C26H26BrCl2N3O4S. The van der Waals surface area contributed by atoms with Crippen molar-refractivity contribution in [2.24, 2.45) is 0 Å². The molecule has 0 aromatic heterocycles. The lowest BCUT2D eigenvalue weighted by molar-refractivity contribution is -0.131. The lowest BCUT2D eigenvalue weighted by atomic mass is 10.2. The van der Waals surface area contributed by atoms with Crippen LogP contribution in [0.1, 0.15) is 5.56 Å². The Hall–Kier alpha value is -2.30. The molecule has 0 aliphatic carbocycles. The summed E-state index contributed by atoms with van der Waals surface area (Å²) in [7, 11) is -2.34. The molecule has 37 heavy (non-hydrogen) atoms. The third-order valence-corrected chi connectivity index (χ3v) is 9.25. The van der Waals surface area contributed by atoms with Gasteiger partial charge in [0.05, 0.1) is 28.6 Å². The number of carbonyl (C=O) groups is 1. The third kappa shape index (κ3) is 6.78. The number of halogens is 3. The summed E-state index contributed by atoms with van der Waals surface area (Å²) in [4.78, 5) is 17.3. The van der Waals surface area contributed by atoms with Gasteiger partial charge in [0.2, 0.25) is 15.9 Å². The number of ether oxygens (including phenoxy) is 1. The second-order valence-electron chi connectivity index (χ2n) is 8.54. The van der Waals surface area contributed by atoms with Crippen LogP contribution in [-0.2, 0) is 21.4 Å². The van der Waals surface area contributed by atoms with Gasteiger partial charge in [0.15, 0.2) is 0 Å². The summed E-state index contributed by atoms with van der Waals surface area (Å²) in [6.07, 6.45) is 0. The van der Waals surface area contributed by atoms with Crippen LogP contribution in [-0.4, -0.2) is 63.4 Å². The summed E-state index contributed by atoms with van der Waals surface area (Å²) in [5, 5.41) is 0.694. The fourth-order valence-electron chi connectivity index (χ4n) is 4.08. The number of rotatable bonds is 8. The smallest absolute Gasteiger partial charge is 0.243 e. The minimum atomic E-state index is -3.97. The molecule has 0 saturated carbocycles. The SMILES string of the molecule is COc1ccc(N2CCN(C(=O)CN(Cc3ccc(Cl)c(Cl)c3)S(=O)(=O)c3ccc(Br)cc3)CC2)cc1. The molecule has 1 amide bonds. The predicted octanol–water partition coefficient (Wildman–Crippen LogP) is 5.30. The number of piperazine rings is 1. The van der Waals surface area contributed by atoms with Crippen LogP contribution in [0, 0.1) is 0 Å². The fraction of sp³-hybridized carbons (Fsp3) is 0.269. The summed E-state index contributed by atoms with van der Waals surface area (Å²) in [6, 6.07) is 19.1. The van der Waals surface area contributed by atoms with Gasteiger partial charge in [-0.1, -0.05) is 45.2 Å². The van der Waals surface area contributed by atoms with E-state index in [1.807, 2.05) is 24.3 Å². The van der Waals surface area contributed by atoms with Crippen LogP contribution in [0.3, 0.4) is 0 Å². The maximum Gasteiger partial charge on any atom is 0.243 e. The Bertz CT molecular complexity index is 1350. The monoisotopic (exact) mass is 625 g/mol. The molecule has 4 rings (SSSR count). The summed E-state index contributed by atoms with van der Waals surface area (Å²) >= 11 is 15.5. The van der Waals surface area contributed by atoms with Gasteiger partial charge in [-0.15, -0.1) is 0 Å². The van der Waals surface area contributed by atoms with Gasteiger partial charge in [-0.2, -0.15) is 4.31 Å². The molecular weight excluding hydrogens is 601 g/mol. The van der Waals surface area contributed by atoms with Crippen LogP contribution in [0.15, 0.2) is 76.1 Å². The Labute approximate surface area is 235 Å². The van der Waals surface area contributed by atoms with E-state index < -0.39 is 10.0 Å². The van der Waals surface area contributed by atoms with E-state index >= 15 is 0 Å². The normalized spacial score (nSPS) is 14.2. The molecule has 3 aromatic rings. The first-order chi connectivity index (χ1) is 17.7. The van der Waals surface area contributed by atoms with Gasteiger partial charge in [0.1, 0.15) is 5.75 Å². The van der Waals surface area contributed by atoms with E-state index in [0.717, 1.165) is 15.9 Å².